The summed E-state index contributed by atoms with van der Waals surface area (Å²) in [6.07, 6.45) is 0. The first-order chi connectivity index (χ1) is 10.2. The van der Waals surface area contributed by atoms with Gasteiger partial charge in [0.2, 0.25) is 0 Å². The lowest BCUT2D eigenvalue weighted by Gasteiger charge is -2.51. The van der Waals surface area contributed by atoms with Gasteiger partial charge >= 0.3 is 22.0 Å². The molecule has 0 atom stereocenters. The summed E-state index contributed by atoms with van der Waals surface area (Å²) in [4.78, 5) is 0. The molecule has 1 rings (SSSR count). The van der Waals surface area contributed by atoms with Crippen LogP contribution in [0, 0.1) is 0 Å². The molecule has 1 aliphatic rings. The van der Waals surface area contributed by atoms with Crippen molar-refractivity contribution in [2.75, 3.05) is 0 Å². The van der Waals surface area contributed by atoms with E-state index in [1.807, 2.05) is 0 Å². The van der Waals surface area contributed by atoms with Gasteiger partial charge in [0.25, 0.3) is 0 Å². The summed E-state index contributed by atoms with van der Waals surface area (Å²) in [7, 11) is 0. The molecular weight excluding hydrogens is 492 g/mol. The van der Waals surface area contributed by atoms with Crippen LogP contribution in [0.15, 0.2) is 0 Å². The van der Waals surface area contributed by atoms with Crippen molar-refractivity contribution in [1.82, 2.24) is 0 Å². The molecule has 0 nitrogen and oxygen atoms in total. The molecule has 0 N–H and O–H groups in total. The molecule has 144 valence electrons. The molecule has 0 saturated carbocycles. The quantitative estimate of drug-likeness (QED) is 0.289. The molecule has 0 aromatic heterocycles. The Morgan fingerprint density at radius 1 is 0.417 bits per heavy atom. The summed E-state index contributed by atoms with van der Waals surface area (Å²) in [5.41, 5.74) is -21.2. The topological polar surface area (TPSA) is 0 Å². The van der Waals surface area contributed by atoms with Crippen LogP contribution in [0.4, 0.5) is 52.7 Å². The molecule has 0 spiro atoms. The van der Waals surface area contributed by atoms with Gasteiger partial charge in [-0.05, 0) is 47.0 Å². The van der Waals surface area contributed by atoms with Crippen LogP contribution in [0.3, 0.4) is 0 Å². The molecule has 0 aromatic rings. The first-order valence-corrected chi connectivity index (χ1v) is 9.62. The van der Waals surface area contributed by atoms with E-state index in [1.165, 1.54) is 0 Å². The predicted molar refractivity (Wildman–Crippen MR) is 75.2 cm³/mol. The van der Waals surface area contributed by atoms with Crippen LogP contribution in [0.25, 0.3) is 0 Å². The third-order valence-corrected chi connectivity index (χ3v) is 10.4. The summed E-state index contributed by atoms with van der Waals surface area (Å²) < 4.78 is 142. The molecule has 0 unspecified atom stereocenters. The number of halogens is 12. The lowest BCUT2D eigenvalue weighted by atomic mass is 11.5. The van der Waals surface area contributed by atoms with Crippen molar-refractivity contribution in [2.45, 2.75) is 27.5 Å². The number of alkyl halides is 12. The van der Waals surface area contributed by atoms with Crippen molar-refractivity contribution < 1.29 is 52.7 Å². The lowest BCUT2D eigenvalue weighted by molar-refractivity contribution is -0.0354. The molecule has 1 heterocycles. The van der Waals surface area contributed by atoms with Gasteiger partial charge in [0.05, 0.1) is 0 Å². The van der Waals surface area contributed by atoms with Gasteiger partial charge < -0.3 is 0 Å². The molecule has 18 heteroatoms. The maximum atomic E-state index is 12.4. The first-order valence-electron chi connectivity index (χ1n) is 4.72. The van der Waals surface area contributed by atoms with Crippen molar-refractivity contribution in [3.05, 3.63) is 0 Å². The van der Waals surface area contributed by atoms with Gasteiger partial charge in [-0.1, -0.05) is 23.5 Å². The molecule has 24 heavy (non-hydrogen) atoms. The van der Waals surface area contributed by atoms with E-state index in [2.05, 4.69) is 0 Å². The maximum Gasteiger partial charge on any atom is 0.444 e. The fraction of sp³-hybridized carbons (Fsp3) is 1.00. The SMILES string of the molecule is FC(F)(F)SC1(SC(F)(F)F)SC(SC(F)(F)F)(SC(F)(F)F)S1. The van der Waals surface area contributed by atoms with Gasteiger partial charge in [-0.3, -0.25) is 0 Å². The Balaban J connectivity index is 3.07. The van der Waals surface area contributed by atoms with E-state index in [0.717, 1.165) is 0 Å². The third kappa shape index (κ3) is 8.30. The second-order valence-electron chi connectivity index (χ2n) is 3.40. The number of rotatable bonds is 4. The highest BCUT2D eigenvalue weighted by atomic mass is 32.4. The van der Waals surface area contributed by atoms with Crippen LogP contribution < -0.4 is 0 Å². The Bertz CT molecular complexity index is 365. The second-order valence-corrected chi connectivity index (χ2v) is 14.5. The highest BCUT2D eigenvalue weighted by Gasteiger charge is 2.70. The van der Waals surface area contributed by atoms with E-state index in [0.29, 0.717) is 0 Å². The minimum absolute atomic E-state index is 0.689. The molecule has 0 radical (unpaired) electrons. The van der Waals surface area contributed by atoms with Crippen molar-refractivity contribution in [1.29, 1.82) is 0 Å². The zero-order chi connectivity index (χ0) is 19.2. The van der Waals surface area contributed by atoms with E-state index in [9.17, 15) is 52.7 Å². The zero-order valence-corrected chi connectivity index (χ0v) is 14.9. The number of hydrogen-bond donors (Lipinski definition) is 0. The van der Waals surface area contributed by atoms with Crippen LogP contribution in [0.5, 0.6) is 0 Å². The normalized spacial score (nSPS) is 21.5. The minimum atomic E-state index is -5.30. The van der Waals surface area contributed by atoms with Gasteiger partial charge in [0.15, 0.2) is 5.49 Å². The molecule has 0 aromatic carbocycles. The highest BCUT2D eigenvalue weighted by molar-refractivity contribution is 8.68. The summed E-state index contributed by atoms with van der Waals surface area (Å²) in [6.45, 7) is 0. The fourth-order valence-corrected chi connectivity index (χ4v) is 14.7. The average molecular weight is 492 g/mol. The highest BCUT2D eigenvalue weighted by Crippen LogP contribution is 2.85. The summed E-state index contributed by atoms with van der Waals surface area (Å²) in [5.74, 6) is 0. The largest absolute Gasteiger partial charge is 0.444 e. The zero-order valence-electron chi connectivity index (χ0n) is 9.99. The van der Waals surface area contributed by atoms with Crippen LogP contribution in [0.2, 0.25) is 0 Å². The molecule has 1 aliphatic heterocycles. The molecular formula is C6F12S6. The maximum absolute atomic E-state index is 12.4. The number of thioether (sulfide) groups is 6. The van der Waals surface area contributed by atoms with Crippen LogP contribution in [-0.2, 0) is 0 Å². The van der Waals surface area contributed by atoms with Gasteiger partial charge in [-0.15, -0.1) is 0 Å². The van der Waals surface area contributed by atoms with E-state index >= 15 is 0 Å². The van der Waals surface area contributed by atoms with E-state index in [-0.39, 0.29) is 0 Å². The Hall–Kier alpha value is 1.26. The average Bonchev–Trinajstić information content (AvgIpc) is 1.99. The molecule has 1 fully saturated rings. The van der Waals surface area contributed by atoms with Crippen LogP contribution in [0.1, 0.15) is 0 Å². The molecule has 0 amide bonds. The standard InChI is InChI=1S/C6F12S6/c7-1(8,9)19-5(20-2(10,11)12)23-6(24-5,21-3(13,14)15)22-4(16,17)18. The van der Waals surface area contributed by atoms with Crippen LogP contribution >= 0.6 is 70.6 Å². The van der Waals surface area contributed by atoms with Crippen molar-refractivity contribution >= 4 is 70.6 Å². The van der Waals surface area contributed by atoms with Crippen LogP contribution in [-0.4, -0.2) is 27.5 Å². The van der Waals surface area contributed by atoms with Gasteiger partial charge in [-0.2, -0.15) is 52.7 Å². The predicted octanol–water partition coefficient (Wildman–Crippen LogP) is 7.70. The molecule has 0 aliphatic carbocycles. The Kier molecular flexibility index (Phi) is 6.81. The fourth-order valence-electron chi connectivity index (χ4n) is 1.09. The summed E-state index contributed by atoms with van der Waals surface area (Å²) in [5, 5.41) is 0. The summed E-state index contributed by atoms with van der Waals surface area (Å²) in [6, 6.07) is 0. The van der Waals surface area contributed by atoms with Gasteiger partial charge in [-0.25, -0.2) is 0 Å². The summed E-state index contributed by atoms with van der Waals surface area (Å²) >= 11 is -6.66. The Labute approximate surface area is 150 Å². The van der Waals surface area contributed by atoms with Crippen molar-refractivity contribution in [2.24, 2.45) is 0 Å². The van der Waals surface area contributed by atoms with E-state index < -0.39 is 98.1 Å². The van der Waals surface area contributed by atoms with E-state index in [1.54, 1.807) is 0 Å². The van der Waals surface area contributed by atoms with Crippen molar-refractivity contribution in [3.8, 4) is 0 Å². The monoisotopic (exact) mass is 492 g/mol. The van der Waals surface area contributed by atoms with Gasteiger partial charge in [0, 0.05) is 0 Å². The number of hydrogen-bond acceptors (Lipinski definition) is 6. The Morgan fingerprint density at radius 3 is 0.708 bits per heavy atom. The lowest BCUT2D eigenvalue weighted by Crippen LogP contribution is -2.42. The minimum Gasteiger partial charge on any atom is -0.160 e. The van der Waals surface area contributed by atoms with E-state index in [4.69, 9.17) is 0 Å². The Morgan fingerprint density at radius 2 is 0.583 bits per heavy atom. The second kappa shape index (κ2) is 7.01. The van der Waals surface area contributed by atoms with Gasteiger partial charge in [0.1, 0.15) is 0 Å². The smallest absolute Gasteiger partial charge is 0.160 e. The first kappa shape index (κ1) is 23.3. The third-order valence-electron chi connectivity index (χ3n) is 1.46. The van der Waals surface area contributed by atoms with Crippen molar-refractivity contribution in [3.63, 3.8) is 0 Å². The molecule has 0 bridgehead atoms. The molecule has 1 saturated heterocycles.